The molecule has 2 rings (SSSR count). The minimum atomic E-state index is -0.201. The van der Waals surface area contributed by atoms with Gasteiger partial charge in [0.05, 0.1) is 0 Å². The predicted molar refractivity (Wildman–Crippen MR) is 75.8 cm³/mol. The SMILES string of the molecule is CC(N)C1CCN(C(C)c2ccc(F)cc2Br)C1. The predicted octanol–water partition coefficient (Wildman–Crippen LogP) is 3.32. The van der Waals surface area contributed by atoms with Crippen molar-refractivity contribution in [3.05, 3.63) is 34.1 Å². The maximum Gasteiger partial charge on any atom is 0.124 e. The number of nitrogens with zero attached hydrogens (tertiary/aromatic N) is 1. The van der Waals surface area contributed by atoms with Crippen LogP contribution < -0.4 is 5.73 Å². The van der Waals surface area contributed by atoms with Crippen LogP contribution in [0.3, 0.4) is 0 Å². The number of benzene rings is 1. The van der Waals surface area contributed by atoms with E-state index >= 15 is 0 Å². The molecule has 1 heterocycles. The van der Waals surface area contributed by atoms with Gasteiger partial charge in [-0.1, -0.05) is 22.0 Å². The summed E-state index contributed by atoms with van der Waals surface area (Å²) >= 11 is 3.45. The summed E-state index contributed by atoms with van der Waals surface area (Å²) in [6, 6.07) is 5.46. The lowest BCUT2D eigenvalue weighted by Crippen LogP contribution is -2.31. The summed E-state index contributed by atoms with van der Waals surface area (Å²) in [5.41, 5.74) is 7.10. The molecule has 2 nitrogen and oxygen atoms in total. The first-order valence-corrected chi connectivity index (χ1v) is 7.23. The largest absolute Gasteiger partial charge is 0.328 e. The van der Waals surface area contributed by atoms with E-state index in [9.17, 15) is 4.39 Å². The van der Waals surface area contributed by atoms with Gasteiger partial charge >= 0.3 is 0 Å². The van der Waals surface area contributed by atoms with Gasteiger partial charge in [0.2, 0.25) is 0 Å². The monoisotopic (exact) mass is 314 g/mol. The van der Waals surface area contributed by atoms with Crippen LogP contribution in [0.4, 0.5) is 4.39 Å². The standard InChI is InChI=1S/C14H20BrFN2/c1-9(17)11-5-6-18(8-11)10(2)13-4-3-12(16)7-14(13)15/h3-4,7,9-11H,5-6,8,17H2,1-2H3. The van der Waals surface area contributed by atoms with Crippen molar-refractivity contribution in [3.8, 4) is 0 Å². The molecule has 0 saturated carbocycles. The van der Waals surface area contributed by atoms with Crippen LogP contribution >= 0.6 is 15.9 Å². The minimum absolute atomic E-state index is 0.201. The average molecular weight is 315 g/mol. The molecule has 0 aromatic heterocycles. The summed E-state index contributed by atoms with van der Waals surface area (Å²) in [4.78, 5) is 2.42. The highest BCUT2D eigenvalue weighted by atomic mass is 79.9. The Kier molecular flexibility index (Phi) is 4.41. The number of likely N-dealkylation sites (tertiary alicyclic amines) is 1. The lowest BCUT2D eigenvalue weighted by molar-refractivity contribution is 0.247. The summed E-state index contributed by atoms with van der Waals surface area (Å²) in [7, 11) is 0. The minimum Gasteiger partial charge on any atom is -0.328 e. The summed E-state index contributed by atoms with van der Waals surface area (Å²) in [6.45, 7) is 6.34. The fraction of sp³-hybridized carbons (Fsp3) is 0.571. The highest BCUT2D eigenvalue weighted by Crippen LogP contribution is 2.32. The zero-order chi connectivity index (χ0) is 13.3. The van der Waals surface area contributed by atoms with E-state index in [1.165, 1.54) is 12.1 Å². The van der Waals surface area contributed by atoms with Crippen molar-refractivity contribution >= 4 is 15.9 Å². The first-order valence-electron chi connectivity index (χ1n) is 6.43. The first kappa shape index (κ1) is 14.0. The van der Waals surface area contributed by atoms with Crippen molar-refractivity contribution in [2.75, 3.05) is 13.1 Å². The molecule has 3 atom stereocenters. The van der Waals surface area contributed by atoms with Crippen molar-refractivity contribution in [2.24, 2.45) is 11.7 Å². The molecule has 1 aromatic rings. The fourth-order valence-corrected chi connectivity index (χ4v) is 3.32. The second kappa shape index (κ2) is 5.68. The van der Waals surface area contributed by atoms with Crippen molar-refractivity contribution in [1.29, 1.82) is 0 Å². The lowest BCUT2D eigenvalue weighted by atomic mass is 10.0. The van der Waals surface area contributed by atoms with E-state index in [4.69, 9.17) is 5.73 Å². The molecule has 1 saturated heterocycles. The normalized spacial score (nSPS) is 24.2. The number of hydrogen-bond donors (Lipinski definition) is 1. The molecule has 0 aliphatic carbocycles. The number of hydrogen-bond acceptors (Lipinski definition) is 2. The van der Waals surface area contributed by atoms with E-state index in [1.807, 2.05) is 6.07 Å². The Morgan fingerprint density at radius 1 is 1.44 bits per heavy atom. The van der Waals surface area contributed by atoms with Crippen LogP contribution in [-0.2, 0) is 0 Å². The zero-order valence-corrected chi connectivity index (χ0v) is 12.5. The third kappa shape index (κ3) is 2.92. The second-order valence-corrected chi connectivity index (χ2v) is 6.10. The van der Waals surface area contributed by atoms with Crippen molar-refractivity contribution in [3.63, 3.8) is 0 Å². The average Bonchev–Trinajstić information content (AvgIpc) is 2.77. The van der Waals surface area contributed by atoms with Gasteiger partial charge in [0.25, 0.3) is 0 Å². The van der Waals surface area contributed by atoms with E-state index < -0.39 is 0 Å². The Hall–Kier alpha value is -0.450. The molecule has 0 spiro atoms. The van der Waals surface area contributed by atoms with Gasteiger partial charge in [-0.05, 0) is 50.4 Å². The number of nitrogens with two attached hydrogens (primary N) is 1. The van der Waals surface area contributed by atoms with Crippen LogP contribution in [-0.4, -0.2) is 24.0 Å². The van der Waals surface area contributed by atoms with Gasteiger partial charge in [-0.15, -0.1) is 0 Å². The second-order valence-electron chi connectivity index (χ2n) is 5.24. The fourth-order valence-electron chi connectivity index (χ4n) is 2.63. The molecule has 1 aromatic carbocycles. The van der Waals surface area contributed by atoms with Crippen LogP contribution in [0.15, 0.2) is 22.7 Å². The molecule has 4 heteroatoms. The van der Waals surface area contributed by atoms with Crippen LogP contribution in [0.1, 0.15) is 31.9 Å². The van der Waals surface area contributed by atoms with Gasteiger partial charge in [0, 0.05) is 23.1 Å². The summed E-state index contributed by atoms with van der Waals surface area (Å²) in [5.74, 6) is 0.374. The molecule has 1 aliphatic rings. The van der Waals surface area contributed by atoms with Gasteiger partial charge in [-0.2, -0.15) is 0 Å². The van der Waals surface area contributed by atoms with Gasteiger partial charge in [0.15, 0.2) is 0 Å². The highest BCUT2D eigenvalue weighted by Gasteiger charge is 2.29. The first-order chi connectivity index (χ1) is 8.49. The highest BCUT2D eigenvalue weighted by molar-refractivity contribution is 9.10. The quantitative estimate of drug-likeness (QED) is 0.927. The lowest BCUT2D eigenvalue weighted by Gasteiger charge is -2.26. The third-order valence-corrected chi connectivity index (χ3v) is 4.65. The number of halogens is 2. The Bertz CT molecular complexity index is 422. The van der Waals surface area contributed by atoms with Gasteiger partial charge < -0.3 is 5.73 Å². The van der Waals surface area contributed by atoms with Crippen molar-refractivity contribution in [1.82, 2.24) is 4.90 Å². The van der Waals surface area contributed by atoms with E-state index in [1.54, 1.807) is 0 Å². The van der Waals surface area contributed by atoms with Gasteiger partial charge in [-0.3, -0.25) is 4.90 Å². The summed E-state index contributed by atoms with van der Waals surface area (Å²) in [6.07, 6.45) is 1.15. The zero-order valence-electron chi connectivity index (χ0n) is 10.9. The smallest absolute Gasteiger partial charge is 0.124 e. The van der Waals surface area contributed by atoms with E-state index in [0.717, 1.165) is 29.5 Å². The van der Waals surface area contributed by atoms with Crippen molar-refractivity contribution < 1.29 is 4.39 Å². The topological polar surface area (TPSA) is 29.3 Å². The van der Waals surface area contributed by atoms with Crippen LogP contribution in [0, 0.1) is 11.7 Å². The van der Waals surface area contributed by atoms with Gasteiger partial charge in [-0.25, -0.2) is 4.39 Å². The van der Waals surface area contributed by atoms with Crippen LogP contribution in [0.5, 0.6) is 0 Å². The van der Waals surface area contributed by atoms with E-state index in [-0.39, 0.29) is 11.9 Å². The van der Waals surface area contributed by atoms with E-state index in [0.29, 0.717) is 12.0 Å². The molecule has 1 aliphatic heterocycles. The Morgan fingerprint density at radius 2 is 2.17 bits per heavy atom. The molecule has 18 heavy (non-hydrogen) atoms. The number of rotatable bonds is 3. The molecular formula is C14H20BrFN2. The molecule has 0 bridgehead atoms. The Morgan fingerprint density at radius 3 is 2.72 bits per heavy atom. The molecule has 100 valence electrons. The molecular weight excluding hydrogens is 295 g/mol. The Balaban J connectivity index is 2.10. The molecule has 0 radical (unpaired) electrons. The molecule has 2 N–H and O–H groups in total. The van der Waals surface area contributed by atoms with Gasteiger partial charge in [0.1, 0.15) is 5.82 Å². The van der Waals surface area contributed by atoms with Crippen molar-refractivity contribution in [2.45, 2.75) is 32.4 Å². The Labute approximate surface area is 116 Å². The summed E-state index contributed by atoms with van der Waals surface area (Å²) in [5, 5.41) is 0. The molecule has 1 fully saturated rings. The van der Waals surface area contributed by atoms with Crippen LogP contribution in [0.2, 0.25) is 0 Å². The molecule has 0 amide bonds. The maximum atomic E-state index is 13.1. The maximum absolute atomic E-state index is 13.1. The molecule has 3 unspecified atom stereocenters. The van der Waals surface area contributed by atoms with Crippen LogP contribution in [0.25, 0.3) is 0 Å². The third-order valence-electron chi connectivity index (χ3n) is 3.96. The summed E-state index contributed by atoms with van der Waals surface area (Å²) < 4.78 is 13.9. The van der Waals surface area contributed by atoms with E-state index in [2.05, 4.69) is 34.7 Å².